The van der Waals surface area contributed by atoms with Gasteiger partial charge in [-0.1, -0.05) is 18.1 Å². The number of H-pyrrole nitrogens is 1. The Labute approximate surface area is 99.1 Å². The summed E-state index contributed by atoms with van der Waals surface area (Å²) in [5.41, 5.74) is 2.68. The van der Waals surface area contributed by atoms with E-state index in [1.807, 2.05) is 24.3 Å². The summed E-state index contributed by atoms with van der Waals surface area (Å²) in [6.07, 6.45) is 3.37. The van der Waals surface area contributed by atoms with Crippen molar-refractivity contribution < 1.29 is 4.79 Å². The molecule has 2 rings (SSSR count). The first-order chi connectivity index (χ1) is 8.29. The van der Waals surface area contributed by atoms with Crippen LogP contribution in [0.4, 0.5) is 5.69 Å². The molecule has 17 heavy (non-hydrogen) atoms. The standard InChI is InChI=1S/C13H11N3O/c1-2-3-13(17)16-11-6-4-10(5-7-11)12-8-14-9-15-12/h4-9H,1H3,(H,14,15)(H,16,17). The van der Waals surface area contributed by atoms with Gasteiger partial charge in [-0.2, -0.15) is 0 Å². The maximum absolute atomic E-state index is 11.2. The Morgan fingerprint density at radius 1 is 1.35 bits per heavy atom. The second-order valence-electron chi connectivity index (χ2n) is 3.37. The summed E-state index contributed by atoms with van der Waals surface area (Å²) >= 11 is 0. The number of nitrogens with one attached hydrogen (secondary N) is 2. The van der Waals surface area contributed by atoms with E-state index in [4.69, 9.17) is 0 Å². The molecule has 0 aliphatic heterocycles. The monoisotopic (exact) mass is 225 g/mol. The highest BCUT2D eigenvalue weighted by Crippen LogP contribution is 2.18. The third kappa shape index (κ3) is 2.73. The summed E-state index contributed by atoms with van der Waals surface area (Å²) in [4.78, 5) is 18.2. The Hall–Kier alpha value is -2.54. The van der Waals surface area contributed by atoms with Crippen molar-refractivity contribution in [3.63, 3.8) is 0 Å². The van der Waals surface area contributed by atoms with Gasteiger partial charge >= 0.3 is 0 Å². The highest BCUT2D eigenvalue weighted by molar-refractivity contribution is 6.03. The zero-order valence-electron chi connectivity index (χ0n) is 9.32. The van der Waals surface area contributed by atoms with Crippen LogP contribution in [-0.4, -0.2) is 15.9 Å². The topological polar surface area (TPSA) is 57.8 Å². The molecule has 1 aromatic carbocycles. The summed E-state index contributed by atoms with van der Waals surface area (Å²) in [5.74, 6) is 4.66. The molecule has 2 aromatic rings. The van der Waals surface area contributed by atoms with Crippen molar-refractivity contribution in [2.75, 3.05) is 5.32 Å². The van der Waals surface area contributed by atoms with Crippen LogP contribution >= 0.6 is 0 Å². The van der Waals surface area contributed by atoms with Gasteiger partial charge in [-0.05, 0) is 30.5 Å². The second-order valence-corrected chi connectivity index (χ2v) is 3.37. The first-order valence-electron chi connectivity index (χ1n) is 5.12. The number of amides is 1. The largest absolute Gasteiger partial charge is 0.345 e. The van der Waals surface area contributed by atoms with Crippen LogP contribution in [0.2, 0.25) is 0 Å². The number of carbonyl (C=O) groups is 1. The molecule has 1 amide bonds. The average molecular weight is 225 g/mol. The zero-order valence-corrected chi connectivity index (χ0v) is 9.32. The van der Waals surface area contributed by atoms with E-state index in [0.29, 0.717) is 0 Å². The molecule has 0 saturated carbocycles. The van der Waals surface area contributed by atoms with Crippen molar-refractivity contribution in [3.8, 4) is 23.1 Å². The van der Waals surface area contributed by atoms with Crippen molar-refractivity contribution in [1.29, 1.82) is 0 Å². The number of hydrogen-bond donors (Lipinski definition) is 2. The van der Waals surface area contributed by atoms with Crippen LogP contribution in [-0.2, 0) is 4.79 Å². The second kappa shape index (κ2) is 4.99. The fourth-order valence-corrected chi connectivity index (χ4v) is 1.42. The number of rotatable bonds is 2. The van der Waals surface area contributed by atoms with Gasteiger partial charge in [0.05, 0.1) is 18.2 Å². The maximum atomic E-state index is 11.2. The van der Waals surface area contributed by atoms with E-state index in [1.54, 1.807) is 19.4 Å². The van der Waals surface area contributed by atoms with Gasteiger partial charge < -0.3 is 10.3 Å². The van der Waals surface area contributed by atoms with Gasteiger partial charge in [-0.3, -0.25) is 4.79 Å². The number of aromatic amines is 1. The van der Waals surface area contributed by atoms with E-state index in [2.05, 4.69) is 27.1 Å². The number of aromatic nitrogens is 2. The van der Waals surface area contributed by atoms with Crippen LogP contribution in [0, 0.1) is 11.8 Å². The molecular weight excluding hydrogens is 214 g/mol. The fourth-order valence-electron chi connectivity index (χ4n) is 1.42. The van der Waals surface area contributed by atoms with Crippen molar-refractivity contribution in [2.24, 2.45) is 0 Å². The summed E-state index contributed by atoms with van der Waals surface area (Å²) < 4.78 is 0. The number of benzene rings is 1. The van der Waals surface area contributed by atoms with Gasteiger partial charge in [-0.15, -0.1) is 0 Å². The minimum atomic E-state index is -0.304. The average Bonchev–Trinajstić information content (AvgIpc) is 2.84. The summed E-state index contributed by atoms with van der Waals surface area (Å²) in [6.45, 7) is 1.63. The molecule has 0 aliphatic rings. The summed E-state index contributed by atoms with van der Waals surface area (Å²) in [7, 11) is 0. The van der Waals surface area contributed by atoms with Crippen LogP contribution in [0.25, 0.3) is 11.3 Å². The van der Waals surface area contributed by atoms with E-state index in [9.17, 15) is 4.79 Å². The van der Waals surface area contributed by atoms with E-state index in [1.165, 1.54) is 0 Å². The van der Waals surface area contributed by atoms with Crippen LogP contribution < -0.4 is 5.32 Å². The zero-order chi connectivity index (χ0) is 12.1. The molecule has 1 heterocycles. The number of hydrogen-bond acceptors (Lipinski definition) is 2. The Morgan fingerprint density at radius 3 is 2.71 bits per heavy atom. The lowest BCUT2D eigenvalue weighted by atomic mass is 10.1. The van der Waals surface area contributed by atoms with Crippen molar-refractivity contribution in [3.05, 3.63) is 36.8 Å². The highest BCUT2D eigenvalue weighted by atomic mass is 16.1. The molecule has 0 fully saturated rings. The van der Waals surface area contributed by atoms with Crippen LogP contribution in [0.5, 0.6) is 0 Å². The van der Waals surface area contributed by atoms with Crippen LogP contribution in [0.15, 0.2) is 36.8 Å². The van der Waals surface area contributed by atoms with Gasteiger partial charge in [0.15, 0.2) is 0 Å². The lowest BCUT2D eigenvalue weighted by Crippen LogP contribution is -2.07. The first kappa shape index (κ1) is 11.0. The first-order valence-corrected chi connectivity index (χ1v) is 5.12. The Bertz CT molecular complexity index is 559. The number of imidazole rings is 1. The fraction of sp³-hybridized carbons (Fsp3) is 0.0769. The molecular formula is C13H11N3O. The van der Waals surface area contributed by atoms with Crippen LogP contribution in [0.3, 0.4) is 0 Å². The lowest BCUT2D eigenvalue weighted by molar-refractivity contribution is -0.111. The molecule has 2 N–H and O–H groups in total. The third-order valence-electron chi connectivity index (χ3n) is 2.19. The predicted molar refractivity (Wildman–Crippen MR) is 66.1 cm³/mol. The van der Waals surface area contributed by atoms with Crippen LogP contribution in [0.1, 0.15) is 6.92 Å². The molecule has 1 aromatic heterocycles. The van der Waals surface area contributed by atoms with Gasteiger partial charge in [0.25, 0.3) is 5.91 Å². The smallest absolute Gasteiger partial charge is 0.300 e. The maximum Gasteiger partial charge on any atom is 0.300 e. The van der Waals surface area contributed by atoms with Crippen molar-refractivity contribution in [1.82, 2.24) is 9.97 Å². The van der Waals surface area contributed by atoms with Crippen molar-refractivity contribution in [2.45, 2.75) is 6.92 Å². The molecule has 84 valence electrons. The Balaban J connectivity index is 2.13. The molecule has 0 bridgehead atoms. The molecule has 0 aliphatic carbocycles. The molecule has 0 saturated heterocycles. The highest BCUT2D eigenvalue weighted by Gasteiger charge is 2.00. The van der Waals surface area contributed by atoms with E-state index < -0.39 is 0 Å². The summed E-state index contributed by atoms with van der Waals surface area (Å²) in [6, 6.07) is 7.46. The van der Waals surface area contributed by atoms with E-state index in [-0.39, 0.29) is 5.91 Å². The lowest BCUT2D eigenvalue weighted by Gasteiger charge is -2.02. The molecule has 0 radical (unpaired) electrons. The number of anilines is 1. The number of carbonyl (C=O) groups excluding carboxylic acids is 1. The summed E-state index contributed by atoms with van der Waals surface area (Å²) in [5, 5.41) is 2.68. The van der Waals surface area contributed by atoms with E-state index in [0.717, 1.165) is 16.9 Å². The van der Waals surface area contributed by atoms with Gasteiger partial charge in [-0.25, -0.2) is 4.98 Å². The minimum absolute atomic E-state index is 0.304. The molecule has 0 spiro atoms. The Morgan fingerprint density at radius 2 is 2.12 bits per heavy atom. The quantitative estimate of drug-likeness (QED) is 0.768. The molecule has 0 atom stereocenters. The van der Waals surface area contributed by atoms with Crippen molar-refractivity contribution >= 4 is 11.6 Å². The van der Waals surface area contributed by atoms with Gasteiger partial charge in [0.1, 0.15) is 0 Å². The molecule has 4 nitrogen and oxygen atoms in total. The predicted octanol–water partition coefficient (Wildman–Crippen LogP) is 2.04. The van der Waals surface area contributed by atoms with E-state index >= 15 is 0 Å². The molecule has 0 unspecified atom stereocenters. The Kier molecular flexibility index (Phi) is 3.22. The van der Waals surface area contributed by atoms with Gasteiger partial charge in [0, 0.05) is 5.69 Å². The minimum Gasteiger partial charge on any atom is -0.345 e. The molecule has 4 heteroatoms. The SMILES string of the molecule is CC#CC(=O)Nc1ccc(-c2cnc[nH]2)cc1. The van der Waals surface area contributed by atoms with Gasteiger partial charge in [0.2, 0.25) is 0 Å². The number of nitrogens with zero attached hydrogens (tertiary/aromatic N) is 1. The third-order valence-corrected chi connectivity index (χ3v) is 2.19. The normalized spacial score (nSPS) is 9.24.